The maximum absolute atomic E-state index is 4.05. The minimum Gasteiger partial charge on any atom is -0.295 e. The summed E-state index contributed by atoms with van der Waals surface area (Å²) in [4.78, 5) is 15.4. The molecule has 4 nitrogen and oxygen atoms in total. The predicted octanol–water partition coefficient (Wildman–Crippen LogP) is 24.9. The van der Waals surface area contributed by atoms with Gasteiger partial charge in [0.25, 0.3) is 0 Å². The van der Waals surface area contributed by atoms with Crippen molar-refractivity contribution in [2.24, 2.45) is 130 Å². The molecular formula is C98H159BN4. The lowest BCUT2D eigenvalue weighted by Crippen LogP contribution is -2.78. The molecule has 22 aliphatic rings. The molecule has 0 aromatic heterocycles. The molecule has 22 rings (SSSR count). The Labute approximate surface area is 634 Å². The van der Waals surface area contributed by atoms with Gasteiger partial charge in [-0.1, -0.05) is 244 Å². The first-order chi connectivity index (χ1) is 51.1. The van der Waals surface area contributed by atoms with Crippen LogP contribution in [0.2, 0.25) is 17.5 Å². The molecule has 0 bridgehead atoms. The van der Waals surface area contributed by atoms with Gasteiger partial charge in [0.2, 0.25) is 0 Å². The van der Waals surface area contributed by atoms with E-state index in [4.69, 9.17) is 0 Å². The SMILES string of the molecule is C1CCC(C2CCCC(C3CCCCC3)C2N2C3CCC(C4CC5CCCC6C7CCCC8CCCC(C(C4)C56)C87)CC3B3C4CCC(N5C6CCCCC6C6CCCCC65)CC4N(C4C(C5CCCCC5)CCCC4C4CCCCC4)C4CC(N5C6CCCCC6C6CCCCC65)CC2C34)CC1. The molecule has 0 aromatic rings. The van der Waals surface area contributed by atoms with E-state index in [1.54, 1.807) is 392 Å². The highest BCUT2D eigenvalue weighted by atomic mass is 15.3. The van der Waals surface area contributed by atoms with Crippen LogP contribution in [0.4, 0.5) is 0 Å². The number of hydrogen-bond acceptors (Lipinski definition) is 4. The van der Waals surface area contributed by atoms with E-state index < -0.39 is 0 Å². The number of hydrogen-bond donors (Lipinski definition) is 0. The van der Waals surface area contributed by atoms with Crippen molar-refractivity contribution in [2.45, 2.75) is 482 Å². The van der Waals surface area contributed by atoms with Crippen LogP contribution in [0.5, 0.6) is 0 Å². The Balaban J connectivity index is 0.725. The summed E-state index contributed by atoms with van der Waals surface area (Å²) in [5, 5.41) is 0. The zero-order valence-corrected chi connectivity index (χ0v) is 66.9. The van der Waals surface area contributed by atoms with Crippen LogP contribution in [-0.2, 0) is 0 Å². The Morgan fingerprint density at radius 1 is 0.165 bits per heavy atom. The van der Waals surface area contributed by atoms with Gasteiger partial charge in [-0.05, 0) is 295 Å². The molecule has 22 fully saturated rings. The highest BCUT2D eigenvalue weighted by Gasteiger charge is 2.71. The second kappa shape index (κ2) is 29.7. The van der Waals surface area contributed by atoms with Gasteiger partial charge >= 0.3 is 0 Å². The van der Waals surface area contributed by atoms with Crippen LogP contribution in [0, 0.1) is 130 Å². The maximum Gasteiger partial charge on any atom is 0.156 e. The van der Waals surface area contributed by atoms with Gasteiger partial charge in [0, 0.05) is 72.5 Å². The van der Waals surface area contributed by atoms with E-state index in [1.165, 1.54) is 0 Å². The Morgan fingerprint density at radius 3 is 1.00 bits per heavy atom. The number of fused-ring (bicyclic) bond motifs is 12. The largest absolute Gasteiger partial charge is 0.295 e. The number of rotatable bonds is 9. The van der Waals surface area contributed by atoms with E-state index in [0.717, 1.165) is 227 Å². The summed E-state index contributed by atoms with van der Waals surface area (Å²) in [5.41, 5.74) is 0. The van der Waals surface area contributed by atoms with Crippen molar-refractivity contribution in [1.29, 1.82) is 0 Å². The molecule has 0 amide bonds. The Kier molecular flexibility index (Phi) is 20.1. The van der Waals surface area contributed by atoms with Crippen molar-refractivity contribution in [3.63, 3.8) is 0 Å². The molecule has 5 heteroatoms. The molecule has 4 saturated heterocycles. The van der Waals surface area contributed by atoms with Gasteiger partial charge in [0.05, 0.1) is 0 Å². The van der Waals surface area contributed by atoms with Crippen molar-refractivity contribution in [3.05, 3.63) is 0 Å². The number of nitrogens with zero attached hydrogens (tertiary/aromatic N) is 4. The van der Waals surface area contributed by atoms with Crippen molar-refractivity contribution >= 4 is 6.71 Å². The Morgan fingerprint density at radius 2 is 0.524 bits per heavy atom. The van der Waals surface area contributed by atoms with Gasteiger partial charge in [-0.15, -0.1) is 0 Å². The fraction of sp³-hybridized carbons (Fsp3) is 1.00. The molecule has 0 aromatic carbocycles. The molecule has 31 atom stereocenters. The third kappa shape index (κ3) is 11.9. The fourth-order valence-electron chi connectivity index (χ4n) is 39.6. The van der Waals surface area contributed by atoms with Crippen molar-refractivity contribution < 1.29 is 0 Å². The summed E-state index contributed by atoms with van der Waals surface area (Å²) in [6.07, 6.45) is 97.3. The molecule has 4 aliphatic heterocycles. The first-order valence-corrected chi connectivity index (χ1v) is 50.2. The molecule has 18 saturated carbocycles. The van der Waals surface area contributed by atoms with E-state index in [9.17, 15) is 0 Å². The van der Waals surface area contributed by atoms with Crippen molar-refractivity contribution in [3.8, 4) is 0 Å². The summed E-state index contributed by atoms with van der Waals surface area (Å²) in [5.74, 6) is 26.0. The van der Waals surface area contributed by atoms with Crippen LogP contribution >= 0.6 is 0 Å². The molecule has 0 radical (unpaired) electrons. The smallest absolute Gasteiger partial charge is 0.156 e. The number of likely N-dealkylation sites (tertiary alicyclic amines) is 2. The van der Waals surface area contributed by atoms with Crippen LogP contribution in [0.15, 0.2) is 0 Å². The lowest BCUT2D eigenvalue weighted by molar-refractivity contribution is -0.154. The van der Waals surface area contributed by atoms with E-state index >= 15 is 0 Å². The Bertz CT molecular complexity index is 2730. The predicted molar refractivity (Wildman–Crippen MR) is 428 cm³/mol. The van der Waals surface area contributed by atoms with Crippen LogP contribution in [0.3, 0.4) is 0 Å². The minimum atomic E-state index is 0.826. The van der Waals surface area contributed by atoms with E-state index in [2.05, 4.69) is 19.6 Å². The molecule has 31 unspecified atom stereocenters. The average molecular weight is 1400 g/mol. The fourth-order valence-corrected chi connectivity index (χ4v) is 39.6. The molecule has 0 N–H and O–H groups in total. The monoisotopic (exact) mass is 1400 g/mol. The van der Waals surface area contributed by atoms with Crippen molar-refractivity contribution in [1.82, 2.24) is 19.6 Å². The zero-order valence-electron chi connectivity index (χ0n) is 66.9. The van der Waals surface area contributed by atoms with E-state index in [1.807, 2.05) is 0 Å². The summed E-state index contributed by atoms with van der Waals surface area (Å²) in [7, 11) is 0. The normalized spacial score (nSPS) is 53.4. The van der Waals surface area contributed by atoms with Gasteiger partial charge in [-0.2, -0.15) is 0 Å². The maximum atomic E-state index is 4.05. The van der Waals surface area contributed by atoms with Gasteiger partial charge in [-0.3, -0.25) is 19.6 Å². The summed E-state index contributed by atoms with van der Waals surface area (Å²) in [6.45, 7) is 0.996. The summed E-state index contributed by atoms with van der Waals surface area (Å²) in [6, 6.07) is 10.5. The lowest BCUT2D eigenvalue weighted by atomic mass is 9.18. The first kappa shape index (κ1) is 69.6. The summed E-state index contributed by atoms with van der Waals surface area (Å²) >= 11 is 0. The molecular weight excluding hydrogens is 1240 g/mol. The molecule has 18 aliphatic carbocycles. The van der Waals surface area contributed by atoms with Gasteiger partial charge < -0.3 is 0 Å². The van der Waals surface area contributed by atoms with Crippen molar-refractivity contribution in [2.75, 3.05) is 0 Å². The molecule has 0 spiro atoms. The quantitative estimate of drug-likeness (QED) is 0.213. The van der Waals surface area contributed by atoms with E-state index in [0.29, 0.717) is 0 Å². The van der Waals surface area contributed by atoms with Gasteiger partial charge in [-0.25, -0.2) is 0 Å². The van der Waals surface area contributed by atoms with Gasteiger partial charge in [0.15, 0.2) is 6.71 Å². The highest BCUT2D eigenvalue weighted by molar-refractivity contribution is 6.65. The van der Waals surface area contributed by atoms with Gasteiger partial charge in [0.1, 0.15) is 0 Å². The lowest BCUT2D eigenvalue weighted by Gasteiger charge is -2.72. The second-order valence-electron chi connectivity index (χ2n) is 45.2. The molecule has 574 valence electrons. The molecule has 4 heterocycles. The highest BCUT2D eigenvalue weighted by Crippen LogP contribution is 2.71. The topological polar surface area (TPSA) is 13.0 Å². The van der Waals surface area contributed by atoms with Crippen LogP contribution < -0.4 is 0 Å². The summed E-state index contributed by atoms with van der Waals surface area (Å²) < 4.78 is 0. The average Bonchev–Trinajstić information content (AvgIpc) is 1.12. The minimum absolute atomic E-state index is 0.826. The first-order valence-electron chi connectivity index (χ1n) is 50.2. The zero-order chi connectivity index (χ0) is 67.4. The van der Waals surface area contributed by atoms with Crippen LogP contribution in [0.1, 0.15) is 392 Å². The Hall–Kier alpha value is -0.0951. The third-order valence-electron chi connectivity index (χ3n) is 42.2. The molecule has 103 heavy (non-hydrogen) atoms. The van der Waals surface area contributed by atoms with Crippen LogP contribution in [0.25, 0.3) is 0 Å². The standard InChI is InChI=1S/C98H159BN4/c1-5-26-62(27-6-1)72-41-24-42-73(63-28-7-2-8-29-63)97(72)102-90-55-52-67(69-56-68-36-23-46-81-80-45-21-34-66-35-22-47-82(94(66)80)83(57-69)95(68)81)58-85(90)99-84-54-53-70(100-86-48-17-13-37-76(86)77-38-14-18-49-87(77)100)59-91(84)103(98-74(64-30-9-3-10-31-64)43-25-44-75(98)65-32-11-4-12-33-65)93-61-71(60-92(102)96(93)99)101-88-50-19-15-39-78(88)79-40-16-20-51-89(79)101/h62-98H,1-61H2. The second-order valence-corrected chi connectivity index (χ2v) is 45.2. The van der Waals surface area contributed by atoms with E-state index in [-0.39, 0.29) is 0 Å². The van der Waals surface area contributed by atoms with Crippen LogP contribution in [-0.4, -0.2) is 98.8 Å². The third-order valence-corrected chi connectivity index (χ3v) is 42.2.